The largest absolute Gasteiger partial charge is 0.311 e. The zero-order valence-electron chi connectivity index (χ0n) is 39.9. The highest BCUT2D eigenvalue weighted by atomic mass is 32.1. The third-order valence-corrected chi connectivity index (χ3v) is 15.8. The Labute approximate surface area is 428 Å². The third-order valence-electron chi connectivity index (χ3n) is 14.6. The Morgan fingerprint density at radius 1 is 0.274 bits per heavy atom. The van der Waals surface area contributed by atoms with Crippen LogP contribution in [0.3, 0.4) is 0 Å². The minimum atomic E-state index is 1.08. The zero-order valence-corrected chi connectivity index (χ0v) is 40.7. The van der Waals surface area contributed by atoms with E-state index in [4.69, 9.17) is 0 Å². The Morgan fingerprint density at radius 3 is 1.37 bits per heavy atom. The number of hydrogen-bond donors (Lipinski definition) is 0. The van der Waals surface area contributed by atoms with E-state index in [2.05, 4.69) is 289 Å². The standard InChI is InChI=1S/C70H46N2S/c1-3-15-49(16-4-1)58-20-9-11-23-61(58)62-24-12-10-21-59(62)51-31-40-57(41-32-51)71(56-38-29-48(30-39-56)53-35-43-65-64-25-13-14-26-68(64)73-69(65)46-53)55-36-27-47(28-37-55)52-34-42-63-66-44-33-50-17-7-8-22-60(50)70(66)72(67(63)45-52)54-18-5-2-6-19-54/h1-46H. The van der Waals surface area contributed by atoms with Gasteiger partial charge in [-0.2, -0.15) is 0 Å². The van der Waals surface area contributed by atoms with Gasteiger partial charge in [0, 0.05) is 59.1 Å². The minimum absolute atomic E-state index is 1.08. The lowest BCUT2D eigenvalue weighted by Crippen LogP contribution is -2.09. The van der Waals surface area contributed by atoms with E-state index in [9.17, 15) is 0 Å². The zero-order chi connectivity index (χ0) is 48.2. The van der Waals surface area contributed by atoms with Crippen LogP contribution >= 0.6 is 11.3 Å². The van der Waals surface area contributed by atoms with E-state index in [1.807, 2.05) is 11.3 Å². The van der Waals surface area contributed by atoms with Crippen molar-refractivity contribution in [3.8, 4) is 61.3 Å². The summed E-state index contributed by atoms with van der Waals surface area (Å²) in [6, 6.07) is 102. The van der Waals surface area contributed by atoms with Gasteiger partial charge in [-0.3, -0.25) is 0 Å². The van der Waals surface area contributed by atoms with Crippen LogP contribution in [0.5, 0.6) is 0 Å². The van der Waals surface area contributed by atoms with Crippen molar-refractivity contribution in [3.63, 3.8) is 0 Å². The molecule has 0 atom stereocenters. The van der Waals surface area contributed by atoms with E-state index in [0.717, 1.165) is 28.3 Å². The van der Waals surface area contributed by atoms with Crippen LogP contribution < -0.4 is 4.90 Å². The smallest absolute Gasteiger partial charge is 0.0619 e. The van der Waals surface area contributed by atoms with Gasteiger partial charge in [0.25, 0.3) is 0 Å². The molecule has 342 valence electrons. The van der Waals surface area contributed by atoms with E-state index >= 15 is 0 Å². The predicted molar refractivity (Wildman–Crippen MR) is 313 cm³/mol. The van der Waals surface area contributed by atoms with Crippen molar-refractivity contribution in [1.29, 1.82) is 0 Å². The lowest BCUT2D eigenvalue weighted by molar-refractivity contribution is 1.19. The summed E-state index contributed by atoms with van der Waals surface area (Å²) in [7, 11) is 0. The summed E-state index contributed by atoms with van der Waals surface area (Å²) >= 11 is 1.86. The van der Waals surface area contributed by atoms with Crippen LogP contribution in [0.2, 0.25) is 0 Å². The molecule has 0 amide bonds. The van der Waals surface area contributed by atoms with Crippen LogP contribution in [0.4, 0.5) is 17.1 Å². The molecule has 14 aromatic rings. The normalized spacial score (nSPS) is 11.6. The second kappa shape index (κ2) is 17.8. The fourth-order valence-corrected chi connectivity index (χ4v) is 12.3. The molecule has 0 saturated carbocycles. The topological polar surface area (TPSA) is 8.17 Å². The molecule has 3 heteroatoms. The van der Waals surface area contributed by atoms with E-state index in [0.29, 0.717) is 0 Å². The Bertz CT molecular complexity index is 4340. The first kappa shape index (κ1) is 42.6. The Hall–Kier alpha value is -9.28. The summed E-state index contributed by atoms with van der Waals surface area (Å²) in [4.78, 5) is 2.38. The minimum Gasteiger partial charge on any atom is -0.311 e. The summed E-state index contributed by atoms with van der Waals surface area (Å²) in [6.45, 7) is 0. The maximum atomic E-state index is 2.45. The summed E-state index contributed by atoms with van der Waals surface area (Å²) < 4.78 is 5.08. The van der Waals surface area contributed by atoms with Crippen LogP contribution in [0.1, 0.15) is 0 Å². The molecule has 2 heterocycles. The Balaban J connectivity index is 0.858. The maximum absolute atomic E-state index is 2.45. The molecule has 0 aliphatic rings. The van der Waals surface area contributed by atoms with Gasteiger partial charge in [0.15, 0.2) is 0 Å². The number of benzene rings is 12. The molecule has 0 aliphatic carbocycles. The van der Waals surface area contributed by atoms with Gasteiger partial charge < -0.3 is 9.47 Å². The fourth-order valence-electron chi connectivity index (χ4n) is 11.1. The van der Waals surface area contributed by atoms with Gasteiger partial charge >= 0.3 is 0 Å². The highest BCUT2D eigenvalue weighted by Crippen LogP contribution is 2.43. The summed E-state index contributed by atoms with van der Waals surface area (Å²) in [5.74, 6) is 0. The molecular formula is C70H46N2S. The van der Waals surface area contributed by atoms with Crippen LogP contribution in [0.15, 0.2) is 279 Å². The average Bonchev–Trinajstić information content (AvgIpc) is 4.02. The second-order valence-electron chi connectivity index (χ2n) is 18.8. The molecule has 2 nitrogen and oxygen atoms in total. The van der Waals surface area contributed by atoms with Crippen molar-refractivity contribution in [2.24, 2.45) is 0 Å². The summed E-state index contributed by atoms with van der Waals surface area (Å²) in [5, 5.41) is 7.63. The molecule has 0 spiro atoms. The van der Waals surface area contributed by atoms with Crippen molar-refractivity contribution >= 4 is 81.1 Å². The molecule has 12 aromatic carbocycles. The van der Waals surface area contributed by atoms with E-state index in [1.54, 1.807) is 0 Å². The van der Waals surface area contributed by atoms with Crippen LogP contribution in [0, 0.1) is 0 Å². The molecule has 0 bridgehead atoms. The number of hydrogen-bond acceptors (Lipinski definition) is 2. The van der Waals surface area contributed by atoms with Gasteiger partial charge in [-0.15, -0.1) is 11.3 Å². The number of thiophene rings is 1. The first-order valence-corrected chi connectivity index (χ1v) is 25.8. The summed E-state index contributed by atoms with van der Waals surface area (Å²) in [5.41, 5.74) is 18.8. The van der Waals surface area contributed by atoms with Gasteiger partial charge in [0.1, 0.15) is 0 Å². The maximum Gasteiger partial charge on any atom is 0.0619 e. The van der Waals surface area contributed by atoms with E-state index in [-0.39, 0.29) is 0 Å². The molecule has 0 fully saturated rings. The Morgan fingerprint density at radius 2 is 0.726 bits per heavy atom. The van der Waals surface area contributed by atoms with Crippen molar-refractivity contribution in [3.05, 3.63) is 279 Å². The number of para-hydroxylation sites is 1. The SMILES string of the molecule is c1ccc(-c2ccccc2-c2ccccc2-c2ccc(N(c3ccc(-c4ccc5c(c4)sc4ccccc45)cc3)c3ccc(-c4ccc5c6ccc7ccccc7c6n(-c6ccccc6)c5c4)cc3)cc2)cc1. The molecule has 0 N–H and O–H groups in total. The van der Waals surface area contributed by atoms with Gasteiger partial charge in [-0.25, -0.2) is 0 Å². The lowest BCUT2D eigenvalue weighted by Gasteiger charge is -2.26. The number of aromatic nitrogens is 1. The highest BCUT2D eigenvalue weighted by Gasteiger charge is 2.19. The monoisotopic (exact) mass is 946 g/mol. The van der Waals surface area contributed by atoms with Gasteiger partial charge in [-0.1, -0.05) is 212 Å². The molecule has 0 unspecified atom stereocenters. The number of anilines is 3. The Kier molecular flexibility index (Phi) is 10.4. The number of nitrogens with zero attached hydrogens (tertiary/aromatic N) is 2. The molecule has 73 heavy (non-hydrogen) atoms. The quantitative estimate of drug-likeness (QED) is 0.140. The molecule has 0 saturated heterocycles. The average molecular weight is 947 g/mol. The van der Waals surface area contributed by atoms with Crippen LogP contribution in [0.25, 0.3) is 114 Å². The highest BCUT2D eigenvalue weighted by molar-refractivity contribution is 7.25. The van der Waals surface area contributed by atoms with Gasteiger partial charge in [-0.05, 0) is 128 Å². The molecule has 2 aromatic heterocycles. The lowest BCUT2D eigenvalue weighted by atomic mass is 9.89. The fraction of sp³-hybridized carbons (Fsp3) is 0. The number of fused-ring (bicyclic) bond motifs is 8. The van der Waals surface area contributed by atoms with Crippen molar-refractivity contribution in [2.75, 3.05) is 4.90 Å². The molecule has 0 radical (unpaired) electrons. The van der Waals surface area contributed by atoms with Gasteiger partial charge in [0.2, 0.25) is 0 Å². The molecule has 14 rings (SSSR count). The van der Waals surface area contributed by atoms with E-state index < -0.39 is 0 Å². The number of rotatable bonds is 9. The van der Waals surface area contributed by atoms with Crippen molar-refractivity contribution < 1.29 is 0 Å². The third kappa shape index (κ3) is 7.49. The summed E-state index contributed by atoms with van der Waals surface area (Å²) in [6.07, 6.45) is 0. The van der Waals surface area contributed by atoms with Crippen molar-refractivity contribution in [1.82, 2.24) is 4.57 Å². The van der Waals surface area contributed by atoms with E-state index in [1.165, 1.54) is 103 Å². The predicted octanol–water partition coefficient (Wildman–Crippen LogP) is 20.1. The van der Waals surface area contributed by atoms with Crippen molar-refractivity contribution in [2.45, 2.75) is 0 Å². The first-order valence-electron chi connectivity index (χ1n) is 25.0. The molecule has 0 aliphatic heterocycles. The van der Waals surface area contributed by atoms with Gasteiger partial charge in [0.05, 0.1) is 11.0 Å². The van der Waals surface area contributed by atoms with Crippen LogP contribution in [-0.2, 0) is 0 Å². The second-order valence-corrected chi connectivity index (χ2v) is 19.9. The first-order chi connectivity index (χ1) is 36.2. The molecular weight excluding hydrogens is 901 g/mol. The van der Waals surface area contributed by atoms with Crippen LogP contribution in [-0.4, -0.2) is 4.57 Å².